The van der Waals surface area contributed by atoms with Gasteiger partial charge in [-0.2, -0.15) is 0 Å². The number of imidazole rings is 4. The molecule has 0 aliphatic heterocycles. The number of carbonyl (C=O) groups excluding carboxylic acids is 15. The molecule has 10 heterocycles. The van der Waals surface area contributed by atoms with Gasteiger partial charge in [0.1, 0.15) is 23.0 Å². The fourth-order valence-electron chi connectivity index (χ4n) is 14.1. The maximum absolute atomic E-state index is 13.8. The second kappa shape index (κ2) is 39.9. The summed E-state index contributed by atoms with van der Waals surface area (Å²) in [5, 5.41) is 21.4. The molecule has 0 unspecified atom stereocenters. The highest BCUT2D eigenvalue weighted by Gasteiger charge is 2.27. The average Bonchev–Trinajstić information content (AvgIpc) is 1.69. The Hall–Kier alpha value is -13.9. The zero-order valence-corrected chi connectivity index (χ0v) is 69.3. The van der Waals surface area contributed by atoms with Crippen molar-refractivity contribution in [2.75, 3.05) is 53.3 Å². The van der Waals surface area contributed by atoms with E-state index in [1.54, 1.807) is 141 Å². The number of amides is 7. The third-order valence-electron chi connectivity index (χ3n) is 19.9. The molecule has 10 rings (SSSR count). The molecule has 0 saturated carbocycles. The lowest BCUT2D eigenvalue weighted by Gasteiger charge is -2.05. The zero-order chi connectivity index (χ0) is 86.9. The van der Waals surface area contributed by atoms with Crippen LogP contribution >= 0.6 is 0 Å². The number of rotatable bonds is 45. The first-order chi connectivity index (χ1) is 57.1. The Bertz CT molecular complexity index is 5630. The largest absolute Gasteiger partial charge is 0.349 e. The number of nitrogens with one attached hydrogen (secondary N) is 8. The van der Waals surface area contributed by atoms with Gasteiger partial charge in [-0.05, 0) is 110 Å². The number of hydrogen-bond donors (Lipinski definition) is 8. The molecule has 37 nitrogen and oxygen atoms in total. The molecule has 10 aromatic rings. The molecule has 0 fully saturated rings. The van der Waals surface area contributed by atoms with Gasteiger partial charge in [0.05, 0.1) is 34.2 Å². The SMILES string of the molecule is CNCCCCC(=O)CCCC(=O)c1cc(CC(=O)c2cc(CC(=O)CCCC(=O)c3cc(CC(=O)c4cc(CC(=O)c5cc(CC(=O)CCCNC(=O)c6nc(NC(=O)c7cc(NC(=O)c8nc(NC(=O)CCNC(=O)c9nc(NC(=O)c%10nc(NC(C)=O)cn%10C)cn9C)cn8C)cn7C)cn6C)cn5C)cn4C)cn3C)cn2C)cn1C. The summed E-state index contributed by atoms with van der Waals surface area (Å²) in [7, 11) is 18.3. The van der Waals surface area contributed by atoms with Gasteiger partial charge < -0.3 is 88.2 Å². The van der Waals surface area contributed by atoms with Crippen LogP contribution in [0.1, 0.15) is 217 Å². The molecule has 8 N–H and O–H groups in total. The highest BCUT2D eigenvalue weighted by atomic mass is 16.2. The van der Waals surface area contributed by atoms with Crippen molar-refractivity contribution in [1.29, 1.82) is 0 Å². The maximum atomic E-state index is 13.8. The molecule has 0 atom stereocenters. The summed E-state index contributed by atoms with van der Waals surface area (Å²) >= 11 is 0. The summed E-state index contributed by atoms with van der Waals surface area (Å²) in [6.45, 7) is 2.17. The standard InChI is InChI=1S/C83H100N22O15/c1-49(106)87-70-45-104(11)78(90-70)83(120)95-73-48-103(10)76(93-73)81(118)86-27-24-74(115)89-71-46-105(12)77(91-71)82(119)88-55-38-64(101(8)44-55)79(116)94-72-47-102(9)75(92-72)80(117)85-26-17-21-58(109)29-51-31-62(99(6)40-51)68(113)37-54-34-63(100(7)43-54)69(114)36-53-33-60(97(4)42-53)66(111)23-16-20-57(108)28-50-30-61(98(5)39-50)67(112)35-52-32-59(96(3)41-52)65(110)22-15-19-56(107)18-13-14-25-84-2/h30-34,38-48,84H,13-29,35-37H2,1-12H3,(H,85,117)(H,86,118)(H,87,106)(H,88,119)(H,89,115)(H,94,116)(H,95,120). The quantitative estimate of drug-likeness (QED) is 0.0155. The van der Waals surface area contributed by atoms with Gasteiger partial charge in [-0.25, -0.2) is 19.9 Å². The minimum Gasteiger partial charge on any atom is -0.349 e. The normalized spacial score (nSPS) is 11.2. The summed E-state index contributed by atoms with van der Waals surface area (Å²) in [5.74, 6) is -4.90. The van der Waals surface area contributed by atoms with Gasteiger partial charge in [-0.1, -0.05) is 0 Å². The van der Waals surface area contributed by atoms with E-state index in [1.165, 1.54) is 80.9 Å². The molecule has 0 saturated heterocycles. The summed E-state index contributed by atoms with van der Waals surface area (Å²) in [6.07, 6.45) is 20.1. The Morgan fingerprint density at radius 2 is 0.625 bits per heavy atom. The highest BCUT2D eigenvalue weighted by Crippen LogP contribution is 2.24. The Labute approximate surface area is 690 Å². The van der Waals surface area contributed by atoms with Crippen molar-refractivity contribution in [2.24, 2.45) is 70.5 Å². The predicted molar refractivity (Wildman–Crippen MR) is 441 cm³/mol. The van der Waals surface area contributed by atoms with E-state index in [2.05, 4.69) is 62.5 Å². The summed E-state index contributed by atoms with van der Waals surface area (Å²) in [5.41, 5.74) is 5.55. The maximum Gasteiger partial charge on any atom is 0.292 e. The Morgan fingerprint density at radius 1 is 0.283 bits per heavy atom. The van der Waals surface area contributed by atoms with Gasteiger partial charge in [0.2, 0.25) is 35.1 Å². The van der Waals surface area contributed by atoms with Crippen LogP contribution in [0.25, 0.3) is 0 Å². The van der Waals surface area contributed by atoms with Gasteiger partial charge >= 0.3 is 0 Å². The Morgan fingerprint density at radius 3 is 1.05 bits per heavy atom. The van der Waals surface area contributed by atoms with Crippen LogP contribution in [0.4, 0.5) is 29.0 Å². The minimum absolute atomic E-state index is 0.0170. The van der Waals surface area contributed by atoms with Gasteiger partial charge in [-0.3, -0.25) is 71.9 Å². The van der Waals surface area contributed by atoms with Crippen LogP contribution in [0.3, 0.4) is 0 Å². The first kappa shape index (κ1) is 88.5. The molecule has 0 aliphatic rings. The van der Waals surface area contributed by atoms with E-state index in [0.717, 1.165) is 19.4 Å². The number of anilines is 5. The van der Waals surface area contributed by atoms with Crippen molar-refractivity contribution >= 4 is 117 Å². The van der Waals surface area contributed by atoms with E-state index >= 15 is 0 Å². The molecule has 37 heteroatoms. The monoisotopic (exact) mass is 1640 g/mol. The number of Topliss-reactive ketones (excluding diaryl/α,β-unsaturated/α-hetero) is 8. The van der Waals surface area contributed by atoms with Crippen molar-refractivity contribution in [3.8, 4) is 0 Å². The Kier molecular flexibility index (Phi) is 29.4. The second-order valence-electron chi connectivity index (χ2n) is 30.0. The molecule has 0 bridgehead atoms. The molecule has 0 aromatic carbocycles. The number of nitrogens with zero attached hydrogens (tertiary/aromatic N) is 14. The van der Waals surface area contributed by atoms with Gasteiger partial charge in [0.15, 0.2) is 52.2 Å². The molecule has 0 aliphatic carbocycles. The first-order valence-corrected chi connectivity index (χ1v) is 39.1. The number of ketones is 8. The van der Waals surface area contributed by atoms with E-state index in [4.69, 9.17) is 0 Å². The fraction of sp³-hybridized carbons (Fsp3) is 0.386. The summed E-state index contributed by atoms with van der Waals surface area (Å²) < 4.78 is 15.4. The molecular formula is C83H100N22O15. The smallest absolute Gasteiger partial charge is 0.292 e. The van der Waals surface area contributed by atoms with Gasteiger partial charge in [-0.15, -0.1) is 0 Å². The number of aryl methyl sites for hydroxylation is 10. The summed E-state index contributed by atoms with van der Waals surface area (Å²) in [4.78, 5) is 213. The number of unbranched alkanes of at least 4 members (excludes halogenated alkanes) is 1. The minimum atomic E-state index is -0.674. The number of hydrogen-bond acceptors (Lipinski definition) is 20. The Balaban J connectivity index is 0.600. The second-order valence-corrected chi connectivity index (χ2v) is 30.0. The lowest BCUT2D eigenvalue weighted by Crippen LogP contribution is -2.29. The topological polar surface area (TPSA) is 453 Å². The lowest BCUT2D eigenvalue weighted by molar-refractivity contribution is -0.119. The molecule has 120 heavy (non-hydrogen) atoms. The van der Waals surface area contributed by atoms with Crippen molar-refractivity contribution in [3.63, 3.8) is 0 Å². The van der Waals surface area contributed by atoms with Crippen LogP contribution < -0.4 is 42.5 Å². The van der Waals surface area contributed by atoms with Crippen molar-refractivity contribution in [3.05, 3.63) is 184 Å². The van der Waals surface area contributed by atoms with Crippen LogP contribution in [0.5, 0.6) is 0 Å². The van der Waals surface area contributed by atoms with Crippen molar-refractivity contribution in [2.45, 2.75) is 116 Å². The molecule has 10 aromatic heterocycles. The third-order valence-corrected chi connectivity index (χ3v) is 19.9. The highest BCUT2D eigenvalue weighted by molar-refractivity contribution is 6.08. The molecular weight excluding hydrogens is 1550 g/mol. The average molecular weight is 1650 g/mol. The first-order valence-electron chi connectivity index (χ1n) is 39.1. The van der Waals surface area contributed by atoms with E-state index in [9.17, 15) is 71.9 Å². The van der Waals surface area contributed by atoms with Crippen LogP contribution in [0.15, 0.2) is 98.4 Å². The van der Waals surface area contributed by atoms with Crippen LogP contribution in [0, 0.1) is 0 Å². The molecule has 632 valence electrons. The third kappa shape index (κ3) is 23.5. The van der Waals surface area contributed by atoms with Crippen LogP contribution in [-0.2, 0) is 127 Å². The number of carbonyl (C=O) groups is 15. The van der Waals surface area contributed by atoms with E-state index in [0.29, 0.717) is 88.4 Å². The number of aromatic nitrogens is 14. The molecule has 0 spiro atoms. The molecule has 0 radical (unpaired) electrons. The summed E-state index contributed by atoms with van der Waals surface area (Å²) in [6, 6.07) is 9.84. The van der Waals surface area contributed by atoms with E-state index in [-0.39, 0.29) is 187 Å². The van der Waals surface area contributed by atoms with Gasteiger partial charge in [0, 0.05) is 230 Å². The molecule has 7 amide bonds. The predicted octanol–water partition coefficient (Wildman–Crippen LogP) is 6.20. The fourth-order valence-corrected chi connectivity index (χ4v) is 14.1. The van der Waals surface area contributed by atoms with Gasteiger partial charge in [0.25, 0.3) is 29.5 Å². The van der Waals surface area contributed by atoms with E-state index in [1.807, 2.05) is 7.05 Å². The zero-order valence-electron chi connectivity index (χ0n) is 69.3. The van der Waals surface area contributed by atoms with Crippen molar-refractivity contribution < 1.29 is 71.9 Å². The van der Waals surface area contributed by atoms with E-state index < -0.39 is 35.4 Å². The van der Waals surface area contributed by atoms with Crippen LogP contribution in [0.2, 0.25) is 0 Å². The lowest BCUT2D eigenvalue weighted by atomic mass is 10.0. The van der Waals surface area contributed by atoms with Crippen molar-refractivity contribution in [1.82, 2.24) is 81.6 Å². The van der Waals surface area contributed by atoms with Crippen LogP contribution in [-0.4, -0.2) is 180 Å².